The third-order valence-corrected chi connectivity index (χ3v) is 3.17. The Balaban J connectivity index is 2.32. The lowest BCUT2D eigenvalue weighted by atomic mass is 10.00. The number of hydrogen-bond acceptors (Lipinski definition) is 2. The van der Waals surface area contributed by atoms with E-state index in [2.05, 4.69) is 0 Å². The highest BCUT2D eigenvalue weighted by atomic mass is 16.3. The molecule has 98 valence electrons. The predicted molar refractivity (Wildman–Crippen MR) is 80.6 cm³/mol. The molecule has 0 atom stereocenters. The van der Waals surface area contributed by atoms with Crippen LogP contribution in [0.4, 0.5) is 0 Å². The van der Waals surface area contributed by atoms with E-state index in [0.29, 0.717) is 17.1 Å². The van der Waals surface area contributed by atoms with Crippen molar-refractivity contribution in [1.29, 1.82) is 0 Å². The van der Waals surface area contributed by atoms with Gasteiger partial charge in [0.25, 0.3) is 0 Å². The summed E-state index contributed by atoms with van der Waals surface area (Å²) in [6.07, 6.45) is 0. The third-order valence-electron chi connectivity index (χ3n) is 3.17. The van der Waals surface area contributed by atoms with Gasteiger partial charge in [-0.3, -0.25) is 4.79 Å². The molecule has 0 aliphatic rings. The van der Waals surface area contributed by atoms with Crippen LogP contribution in [0.5, 0.6) is 0 Å². The maximum absolute atomic E-state index is 12.4. The Kier molecular flexibility index (Phi) is 3.21. The summed E-state index contributed by atoms with van der Waals surface area (Å²) in [7, 11) is 0. The van der Waals surface area contributed by atoms with Crippen LogP contribution in [0.2, 0.25) is 0 Å². The van der Waals surface area contributed by atoms with E-state index in [-0.39, 0.29) is 5.43 Å². The summed E-state index contributed by atoms with van der Waals surface area (Å²) >= 11 is 0. The van der Waals surface area contributed by atoms with Crippen LogP contribution in [0.25, 0.3) is 22.5 Å². The monoisotopic (exact) mass is 262 g/mol. The second-order valence-electron chi connectivity index (χ2n) is 4.66. The molecule has 2 aromatic carbocycles. The van der Waals surface area contributed by atoms with Crippen molar-refractivity contribution in [2.24, 2.45) is 0 Å². The lowest BCUT2D eigenvalue weighted by Crippen LogP contribution is -2.06. The number of aryl methyl sites for hydroxylation is 1. The first-order chi connectivity index (χ1) is 9.75. The van der Waals surface area contributed by atoms with Gasteiger partial charge in [-0.25, -0.2) is 0 Å². The summed E-state index contributed by atoms with van der Waals surface area (Å²) in [5.74, 6) is 1.25. The zero-order valence-corrected chi connectivity index (χ0v) is 11.2. The van der Waals surface area contributed by atoms with Crippen molar-refractivity contribution >= 4 is 0 Å². The van der Waals surface area contributed by atoms with Crippen molar-refractivity contribution < 1.29 is 4.42 Å². The first kappa shape index (κ1) is 12.4. The van der Waals surface area contributed by atoms with E-state index >= 15 is 0 Å². The maximum Gasteiger partial charge on any atom is 0.193 e. The van der Waals surface area contributed by atoms with Gasteiger partial charge in [0.1, 0.15) is 11.5 Å². The third kappa shape index (κ3) is 2.28. The van der Waals surface area contributed by atoms with Crippen LogP contribution < -0.4 is 5.43 Å². The molecule has 0 saturated carbocycles. The van der Waals surface area contributed by atoms with Gasteiger partial charge in [0, 0.05) is 11.6 Å². The van der Waals surface area contributed by atoms with Crippen molar-refractivity contribution in [2.45, 2.75) is 6.92 Å². The van der Waals surface area contributed by atoms with Gasteiger partial charge in [-0.05, 0) is 12.5 Å². The lowest BCUT2D eigenvalue weighted by molar-refractivity contribution is 0.531. The van der Waals surface area contributed by atoms with Gasteiger partial charge in [-0.1, -0.05) is 60.7 Å². The Labute approximate surface area is 117 Å². The molecule has 0 aliphatic heterocycles. The largest absolute Gasteiger partial charge is 0.460 e. The molecule has 0 N–H and O–H groups in total. The van der Waals surface area contributed by atoms with E-state index in [9.17, 15) is 4.79 Å². The summed E-state index contributed by atoms with van der Waals surface area (Å²) in [4.78, 5) is 12.4. The van der Waals surface area contributed by atoms with E-state index in [4.69, 9.17) is 4.42 Å². The molecule has 0 spiro atoms. The van der Waals surface area contributed by atoms with Gasteiger partial charge < -0.3 is 4.42 Å². The SMILES string of the molecule is Cc1cc(=O)c(-c2ccccc2)c(-c2ccccc2)o1. The van der Waals surface area contributed by atoms with Crippen LogP contribution in [0, 0.1) is 6.92 Å². The lowest BCUT2D eigenvalue weighted by Gasteiger charge is -2.09. The van der Waals surface area contributed by atoms with Gasteiger partial charge in [-0.2, -0.15) is 0 Å². The highest BCUT2D eigenvalue weighted by molar-refractivity contribution is 5.79. The zero-order chi connectivity index (χ0) is 13.9. The van der Waals surface area contributed by atoms with Gasteiger partial charge in [0.15, 0.2) is 5.43 Å². The van der Waals surface area contributed by atoms with Gasteiger partial charge in [-0.15, -0.1) is 0 Å². The van der Waals surface area contributed by atoms with Crippen molar-refractivity contribution in [3.05, 3.63) is 82.7 Å². The molecular weight excluding hydrogens is 248 g/mol. The number of rotatable bonds is 2. The number of hydrogen-bond donors (Lipinski definition) is 0. The standard InChI is InChI=1S/C18H14O2/c1-13-12-16(19)17(14-8-4-2-5-9-14)18(20-13)15-10-6-3-7-11-15/h2-12H,1H3. The van der Waals surface area contributed by atoms with E-state index in [1.165, 1.54) is 6.07 Å². The molecule has 0 unspecified atom stereocenters. The Morgan fingerprint density at radius 3 is 1.95 bits per heavy atom. The average Bonchev–Trinajstić information content (AvgIpc) is 2.48. The Morgan fingerprint density at radius 2 is 1.35 bits per heavy atom. The normalized spacial score (nSPS) is 10.4. The molecule has 2 heteroatoms. The average molecular weight is 262 g/mol. The molecule has 1 aromatic heterocycles. The minimum Gasteiger partial charge on any atom is -0.460 e. The first-order valence-corrected chi connectivity index (χ1v) is 6.51. The fraction of sp³-hybridized carbons (Fsp3) is 0.0556. The smallest absolute Gasteiger partial charge is 0.193 e. The summed E-state index contributed by atoms with van der Waals surface area (Å²) in [5, 5.41) is 0. The second-order valence-corrected chi connectivity index (χ2v) is 4.66. The van der Waals surface area contributed by atoms with Crippen molar-refractivity contribution in [1.82, 2.24) is 0 Å². The topological polar surface area (TPSA) is 30.2 Å². The second kappa shape index (κ2) is 5.17. The van der Waals surface area contributed by atoms with Gasteiger partial charge in [0.2, 0.25) is 0 Å². The Bertz CT molecular complexity index is 772. The van der Waals surface area contributed by atoms with Crippen LogP contribution in [0.15, 0.2) is 75.9 Å². The van der Waals surface area contributed by atoms with Gasteiger partial charge >= 0.3 is 0 Å². The molecule has 2 nitrogen and oxygen atoms in total. The molecule has 0 aliphatic carbocycles. The van der Waals surface area contributed by atoms with Crippen molar-refractivity contribution in [2.75, 3.05) is 0 Å². The Hall–Kier alpha value is -2.61. The molecule has 3 aromatic rings. The van der Waals surface area contributed by atoms with Crippen LogP contribution in [0.1, 0.15) is 5.76 Å². The van der Waals surface area contributed by atoms with Crippen LogP contribution in [0.3, 0.4) is 0 Å². The number of benzene rings is 2. The highest BCUT2D eigenvalue weighted by Gasteiger charge is 2.14. The highest BCUT2D eigenvalue weighted by Crippen LogP contribution is 2.29. The summed E-state index contributed by atoms with van der Waals surface area (Å²) in [6.45, 7) is 1.79. The molecule has 3 rings (SSSR count). The molecule has 20 heavy (non-hydrogen) atoms. The zero-order valence-electron chi connectivity index (χ0n) is 11.2. The maximum atomic E-state index is 12.4. The summed E-state index contributed by atoms with van der Waals surface area (Å²) in [6, 6.07) is 20.9. The molecular formula is C18H14O2. The fourth-order valence-electron chi connectivity index (χ4n) is 2.28. The quantitative estimate of drug-likeness (QED) is 0.690. The van der Waals surface area contributed by atoms with Crippen LogP contribution in [-0.2, 0) is 0 Å². The molecule has 0 fully saturated rings. The Morgan fingerprint density at radius 1 is 0.800 bits per heavy atom. The van der Waals surface area contributed by atoms with Crippen molar-refractivity contribution in [3.63, 3.8) is 0 Å². The van der Waals surface area contributed by atoms with E-state index in [0.717, 1.165) is 11.1 Å². The first-order valence-electron chi connectivity index (χ1n) is 6.51. The molecule has 0 bridgehead atoms. The van der Waals surface area contributed by atoms with E-state index < -0.39 is 0 Å². The molecule has 0 saturated heterocycles. The minimum atomic E-state index is -0.0150. The summed E-state index contributed by atoms with van der Waals surface area (Å²) in [5.41, 5.74) is 2.38. The van der Waals surface area contributed by atoms with Crippen LogP contribution >= 0.6 is 0 Å². The summed E-state index contributed by atoms with van der Waals surface area (Å²) < 4.78 is 5.83. The van der Waals surface area contributed by atoms with E-state index in [1.54, 1.807) is 6.92 Å². The molecule has 1 heterocycles. The van der Waals surface area contributed by atoms with Crippen molar-refractivity contribution in [3.8, 4) is 22.5 Å². The van der Waals surface area contributed by atoms with E-state index in [1.807, 2.05) is 60.7 Å². The van der Waals surface area contributed by atoms with Gasteiger partial charge in [0.05, 0.1) is 5.56 Å². The fourth-order valence-corrected chi connectivity index (χ4v) is 2.28. The molecule has 0 amide bonds. The van der Waals surface area contributed by atoms with Crippen LogP contribution in [-0.4, -0.2) is 0 Å². The minimum absolute atomic E-state index is 0.0150. The molecule has 0 radical (unpaired) electrons. The predicted octanol–water partition coefficient (Wildman–Crippen LogP) is 4.28.